The van der Waals surface area contributed by atoms with Crippen molar-refractivity contribution >= 4 is 11.4 Å². The summed E-state index contributed by atoms with van der Waals surface area (Å²) in [6, 6.07) is 6.04. The molecule has 0 radical (unpaired) electrons. The first kappa shape index (κ1) is 13.0. The molecule has 0 spiro atoms. The number of hydrogen-bond donors (Lipinski definition) is 2. The highest BCUT2D eigenvalue weighted by molar-refractivity contribution is 5.63. The van der Waals surface area contributed by atoms with Gasteiger partial charge in [-0.3, -0.25) is 0 Å². The number of nitrogen functional groups attached to an aromatic ring is 1. The quantitative estimate of drug-likeness (QED) is 0.801. The molecule has 2 unspecified atom stereocenters. The lowest BCUT2D eigenvalue weighted by Crippen LogP contribution is -2.35. The first-order valence-electron chi connectivity index (χ1n) is 6.57. The van der Waals surface area contributed by atoms with E-state index in [1.165, 1.54) is 0 Å². The fourth-order valence-electron chi connectivity index (χ4n) is 2.59. The highest BCUT2D eigenvalue weighted by Gasteiger charge is 2.30. The average Bonchev–Trinajstić information content (AvgIpc) is 2.73. The van der Waals surface area contributed by atoms with Crippen molar-refractivity contribution in [2.24, 2.45) is 5.92 Å². The Morgan fingerprint density at radius 3 is 2.94 bits per heavy atom. The van der Waals surface area contributed by atoms with Crippen molar-refractivity contribution in [3.05, 3.63) is 18.2 Å². The van der Waals surface area contributed by atoms with Gasteiger partial charge in [0.2, 0.25) is 0 Å². The van der Waals surface area contributed by atoms with Crippen LogP contribution in [0, 0.1) is 5.92 Å². The number of rotatable bonds is 4. The number of ether oxygens (including phenoxy) is 1. The molecule has 100 valence electrons. The van der Waals surface area contributed by atoms with E-state index in [9.17, 15) is 5.11 Å². The predicted molar refractivity (Wildman–Crippen MR) is 74.0 cm³/mol. The van der Waals surface area contributed by atoms with Gasteiger partial charge in [0.1, 0.15) is 5.75 Å². The molecular formula is C14H22N2O2. The van der Waals surface area contributed by atoms with Gasteiger partial charge in [0, 0.05) is 18.3 Å². The zero-order valence-corrected chi connectivity index (χ0v) is 11.1. The zero-order valence-electron chi connectivity index (χ0n) is 11.1. The normalized spacial score (nSPS) is 23.4. The lowest BCUT2D eigenvalue weighted by atomic mass is 10.0. The molecule has 1 aromatic rings. The van der Waals surface area contributed by atoms with Gasteiger partial charge in [-0.15, -0.1) is 0 Å². The van der Waals surface area contributed by atoms with E-state index in [2.05, 4.69) is 11.8 Å². The number of benzene rings is 1. The number of nitrogens with two attached hydrogens (primary N) is 1. The van der Waals surface area contributed by atoms with Crippen molar-refractivity contribution in [1.82, 2.24) is 0 Å². The molecule has 2 rings (SSSR count). The van der Waals surface area contributed by atoms with Crippen molar-refractivity contribution in [3.63, 3.8) is 0 Å². The van der Waals surface area contributed by atoms with Gasteiger partial charge in [-0.2, -0.15) is 0 Å². The van der Waals surface area contributed by atoms with E-state index in [-0.39, 0.29) is 12.6 Å². The Hall–Kier alpha value is -1.42. The molecule has 18 heavy (non-hydrogen) atoms. The van der Waals surface area contributed by atoms with Crippen molar-refractivity contribution < 1.29 is 9.84 Å². The van der Waals surface area contributed by atoms with Crippen molar-refractivity contribution in [3.8, 4) is 5.75 Å². The van der Waals surface area contributed by atoms with Crippen LogP contribution in [0.3, 0.4) is 0 Å². The summed E-state index contributed by atoms with van der Waals surface area (Å²) in [5.41, 5.74) is 7.62. The predicted octanol–water partition coefficient (Wildman–Crippen LogP) is 1.87. The molecule has 3 N–H and O–H groups in total. The van der Waals surface area contributed by atoms with Crippen LogP contribution in [-0.4, -0.2) is 30.9 Å². The average molecular weight is 250 g/mol. The molecule has 1 aliphatic rings. The molecule has 1 saturated heterocycles. The second kappa shape index (κ2) is 5.48. The molecule has 4 nitrogen and oxygen atoms in total. The molecule has 0 saturated carbocycles. The Balaban J connectivity index is 2.25. The van der Waals surface area contributed by atoms with Crippen LogP contribution in [-0.2, 0) is 0 Å². The number of aliphatic hydroxyl groups is 1. The molecule has 0 bridgehead atoms. The summed E-state index contributed by atoms with van der Waals surface area (Å²) in [4.78, 5) is 2.24. The molecule has 1 aromatic carbocycles. The third-order valence-corrected chi connectivity index (χ3v) is 3.70. The van der Waals surface area contributed by atoms with Crippen LogP contribution in [0.15, 0.2) is 18.2 Å². The number of anilines is 2. The minimum atomic E-state index is 0.190. The largest absolute Gasteiger partial charge is 0.492 e. The molecule has 2 atom stereocenters. The summed E-state index contributed by atoms with van der Waals surface area (Å²) in [6.45, 7) is 5.90. The van der Waals surface area contributed by atoms with Crippen LogP contribution < -0.4 is 15.4 Å². The van der Waals surface area contributed by atoms with E-state index >= 15 is 0 Å². The fraction of sp³-hybridized carbons (Fsp3) is 0.571. The van der Waals surface area contributed by atoms with Crippen LogP contribution >= 0.6 is 0 Å². The lowest BCUT2D eigenvalue weighted by molar-refractivity contribution is 0.244. The first-order valence-corrected chi connectivity index (χ1v) is 6.57. The zero-order chi connectivity index (χ0) is 13.1. The maximum absolute atomic E-state index is 9.50. The monoisotopic (exact) mass is 250 g/mol. The van der Waals surface area contributed by atoms with E-state index in [4.69, 9.17) is 10.5 Å². The van der Waals surface area contributed by atoms with Crippen LogP contribution in [0.2, 0.25) is 0 Å². The summed E-state index contributed by atoms with van der Waals surface area (Å²) in [6.07, 6.45) is 1.11. The molecule has 0 aromatic heterocycles. The maximum Gasteiger partial charge on any atom is 0.144 e. The van der Waals surface area contributed by atoms with Gasteiger partial charge in [0.25, 0.3) is 0 Å². The van der Waals surface area contributed by atoms with Crippen LogP contribution in [0.5, 0.6) is 5.75 Å². The highest BCUT2D eigenvalue weighted by atomic mass is 16.5. The molecule has 0 amide bonds. The maximum atomic E-state index is 9.50. The summed E-state index contributed by atoms with van der Waals surface area (Å²) in [7, 11) is 0. The number of hydrogen-bond acceptors (Lipinski definition) is 4. The third kappa shape index (κ3) is 2.38. The fourth-order valence-corrected chi connectivity index (χ4v) is 2.59. The third-order valence-electron chi connectivity index (χ3n) is 3.70. The Labute approximate surface area is 108 Å². The van der Waals surface area contributed by atoms with E-state index in [0.717, 1.165) is 24.4 Å². The van der Waals surface area contributed by atoms with Gasteiger partial charge in [0.05, 0.1) is 24.9 Å². The van der Waals surface area contributed by atoms with Gasteiger partial charge in [0.15, 0.2) is 0 Å². The first-order chi connectivity index (χ1) is 8.67. The number of nitrogens with zero attached hydrogens (tertiary/aromatic N) is 1. The van der Waals surface area contributed by atoms with Crippen molar-refractivity contribution in [1.29, 1.82) is 0 Å². The topological polar surface area (TPSA) is 58.7 Å². The van der Waals surface area contributed by atoms with E-state index in [1.807, 2.05) is 25.1 Å². The molecule has 1 aliphatic heterocycles. The van der Waals surface area contributed by atoms with Crippen molar-refractivity contribution in [2.45, 2.75) is 26.3 Å². The molecule has 0 aliphatic carbocycles. The Kier molecular flexibility index (Phi) is 3.97. The lowest BCUT2D eigenvalue weighted by Gasteiger charge is -2.27. The molecular weight excluding hydrogens is 228 g/mol. The van der Waals surface area contributed by atoms with Crippen LogP contribution in [0.4, 0.5) is 11.4 Å². The second-order valence-corrected chi connectivity index (χ2v) is 4.86. The van der Waals surface area contributed by atoms with Crippen LogP contribution in [0.25, 0.3) is 0 Å². The SMILES string of the molecule is CCOc1cc(N2CCC(C)C2CO)ccc1N. The van der Waals surface area contributed by atoms with E-state index < -0.39 is 0 Å². The Morgan fingerprint density at radius 1 is 1.50 bits per heavy atom. The standard InChI is InChI=1S/C14H22N2O2/c1-3-18-14-8-11(4-5-12(14)15)16-7-6-10(2)13(16)9-17/h4-5,8,10,13,17H,3,6-7,9,15H2,1-2H3. The summed E-state index contributed by atoms with van der Waals surface area (Å²) in [5, 5.41) is 9.50. The molecule has 1 fully saturated rings. The second-order valence-electron chi connectivity index (χ2n) is 4.86. The summed E-state index contributed by atoms with van der Waals surface area (Å²) < 4.78 is 5.52. The van der Waals surface area contributed by atoms with Gasteiger partial charge in [-0.25, -0.2) is 0 Å². The Bertz CT molecular complexity index is 409. The minimum Gasteiger partial charge on any atom is -0.492 e. The van der Waals surface area contributed by atoms with E-state index in [1.54, 1.807) is 0 Å². The highest BCUT2D eigenvalue weighted by Crippen LogP contribution is 2.33. The van der Waals surface area contributed by atoms with Gasteiger partial charge in [-0.05, 0) is 31.4 Å². The molecule has 4 heteroatoms. The van der Waals surface area contributed by atoms with Crippen molar-refractivity contribution in [2.75, 3.05) is 30.4 Å². The number of aliphatic hydroxyl groups excluding tert-OH is 1. The minimum absolute atomic E-state index is 0.190. The molecule has 1 heterocycles. The van der Waals surface area contributed by atoms with Gasteiger partial charge >= 0.3 is 0 Å². The van der Waals surface area contributed by atoms with Crippen LogP contribution in [0.1, 0.15) is 20.3 Å². The smallest absolute Gasteiger partial charge is 0.144 e. The Morgan fingerprint density at radius 2 is 2.28 bits per heavy atom. The summed E-state index contributed by atoms with van der Waals surface area (Å²) >= 11 is 0. The summed E-state index contributed by atoms with van der Waals surface area (Å²) in [5.74, 6) is 1.24. The van der Waals surface area contributed by atoms with Gasteiger partial charge < -0.3 is 20.5 Å². The van der Waals surface area contributed by atoms with Gasteiger partial charge in [-0.1, -0.05) is 6.92 Å². The van der Waals surface area contributed by atoms with E-state index in [0.29, 0.717) is 18.2 Å².